The van der Waals surface area contributed by atoms with Crippen LogP contribution >= 0.6 is 0 Å². The van der Waals surface area contributed by atoms with Crippen molar-refractivity contribution in [1.82, 2.24) is 19.9 Å². The molecule has 0 bridgehead atoms. The number of imidazole rings is 1. The Hall–Kier alpha value is -1.69. The highest BCUT2D eigenvalue weighted by Gasteiger charge is 2.25. The molecule has 3 N–H and O–H groups in total. The largest absolute Gasteiger partial charge is 0.391 e. The van der Waals surface area contributed by atoms with Gasteiger partial charge >= 0.3 is 0 Å². The summed E-state index contributed by atoms with van der Waals surface area (Å²) in [5.41, 5.74) is 0.891. The minimum absolute atomic E-state index is 0.466. The summed E-state index contributed by atoms with van der Waals surface area (Å²) in [6, 6.07) is 0. The summed E-state index contributed by atoms with van der Waals surface area (Å²) >= 11 is 0. The molecule has 0 saturated carbocycles. The molecule has 0 radical (unpaired) electrons. The van der Waals surface area contributed by atoms with Gasteiger partial charge in [-0.3, -0.25) is 0 Å². The summed E-state index contributed by atoms with van der Waals surface area (Å²) in [7, 11) is 0. The van der Waals surface area contributed by atoms with Crippen LogP contribution in [0.5, 0.6) is 0 Å². The summed E-state index contributed by atoms with van der Waals surface area (Å²) in [5, 5.41) is 12.8. The standard InChI is InChI=1S/C10H15N5O/c1-6(16)10(2,3)15-9-7-8(12-4-11-7)13-5-14-9/h4-6,16H,1-3H3,(H2,11,12,13,14,15). The van der Waals surface area contributed by atoms with Crippen molar-refractivity contribution in [2.24, 2.45) is 0 Å². The molecule has 0 amide bonds. The smallest absolute Gasteiger partial charge is 0.182 e. The van der Waals surface area contributed by atoms with Gasteiger partial charge in [-0.15, -0.1) is 0 Å². The molecular formula is C10H15N5O. The number of nitrogens with zero attached hydrogens (tertiary/aromatic N) is 3. The summed E-state index contributed by atoms with van der Waals surface area (Å²) < 4.78 is 0. The molecule has 2 aromatic heterocycles. The molecule has 1 atom stereocenters. The molecule has 2 rings (SSSR count). The molecule has 2 aromatic rings. The SMILES string of the molecule is CC(O)C(C)(C)Nc1ncnc2nc[nH]c12. The third-order valence-corrected chi connectivity index (χ3v) is 2.71. The first-order valence-electron chi connectivity index (χ1n) is 5.11. The Kier molecular flexibility index (Phi) is 2.51. The van der Waals surface area contributed by atoms with Crippen LogP contribution in [-0.4, -0.2) is 36.7 Å². The van der Waals surface area contributed by atoms with Crippen molar-refractivity contribution >= 4 is 17.0 Å². The maximum absolute atomic E-state index is 9.63. The van der Waals surface area contributed by atoms with E-state index < -0.39 is 11.6 Å². The van der Waals surface area contributed by atoms with E-state index in [1.165, 1.54) is 6.33 Å². The van der Waals surface area contributed by atoms with E-state index in [2.05, 4.69) is 25.3 Å². The molecule has 0 fully saturated rings. The van der Waals surface area contributed by atoms with Gasteiger partial charge in [0.05, 0.1) is 18.0 Å². The van der Waals surface area contributed by atoms with Crippen LogP contribution in [0.3, 0.4) is 0 Å². The van der Waals surface area contributed by atoms with Gasteiger partial charge in [-0.25, -0.2) is 15.0 Å². The Balaban J connectivity index is 2.37. The van der Waals surface area contributed by atoms with Crippen molar-refractivity contribution in [2.45, 2.75) is 32.4 Å². The number of aromatic amines is 1. The van der Waals surface area contributed by atoms with Crippen LogP contribution in [0.15, 0.2) is 12.7 Å². The predicted octanol–water partition coefficient (Wildman–Crippen LogP) is 0.924. The Morgan fingerprint density at radius 1 is 1.38 bits per heavy atom. The van der Waals surface area contributed by atoms with Crippen LogP contribution in [0, 0.1) is 0 Å². The second-order valence-corrected chi connectivity index (χ2v) is 4.35. The molecule has 6 heteroatoms. The van der Waals surface area contributed by atoms with Crippen LogP contribution in [0.25, 0.3) is 11.2 Å². The van der Waals surface area contributed by atoms with Crippen molar-refractivity contribution in [2.75, 3.05) is 5.32 Å². The molecule has 0 spiro atoms. The van der Waals surface area contributed by atoms with Crippen LogP contribution < -0.4 is 5.32 Å². The number of aliphatic hydroxyl groups excluding tert-OH is 1. The lowest BCUT2D eigenvalue weighted by atomic mass is 9.99. The highest BCUT2D eigenvalue weighted by molar-refractivity contribution is 5.82. The summed E-state index contributed by atoms with van der Waals surface area (Å²) in [5.74, 6) is 0.647. The van der Waals surface area contributed by atoms with Crippen LogP contribution in [0.2, 0.25) is 0 Å². The maximum Gasteiger partial charge on any atom is 0.182 e. The van der Waals surface area contributed by atoms with Crippen LogP contribution in [-0.2, 0) is 0 Å². The quantitative estimate of drug-likeness (QED) is 0.717. The van der Waals surface area contributed by atoms with Gasteiger partial charge < -0.3 is 15.4 Å². The van der Waals surface area contributed by atoms with Crippen LogP contribution in [0.4, 0.5) is 5.82 Å². The molecule has 6 nitrogen and oxygen atoms in total. The average molecular weight is 221 g/mol. The minimum Gasteiger partial charge on any atom is -0.391 e. The van der Waals surface area contributed by atoms with Gasteiger partial charge in [0.1, 0.15) is 11.8 Å². The van der Waals surface area contributed by atoms with Crippen molar-refractivity contribution in [3.8, 4) is 0 Å². The van der Waals surface area contributed by atoms with Crippen molar-refractivity contribution in [3.05, 3.63) is 12.7 Å². The number of rotatable bonds is 3. The number of hydrogen-bond donors (Lipinski definition) is 3. The maximum atomic E-state index is 9.63. The lowest BCUT2D eigenvalue weighted by molar-refractivity contribution is 0.133. The highest BCUT2D eigenvalue weighted by atomic mass is 16.3. The van der Waals surface area contributed by atoms with Crippen molar-refractivity contribution in [1.29, 1.82) is 0 Å². The molecule has 0 aliphatic carbocycles. The monoisotopic (exact) mass is 221 g/mol. The van der Waals surface area contributed by atoms with E-state index in [1.54, 1.807) is 13.3 Å². The van der Waals surface area contributed by atoms with E-state index in [0.717, 1.165) is 5.52 Å². The molecule has 86 valence electrons. The first kappa shape index (κ1) is 10.8. The fraction of sp³-hybridized carbons (Fsp3) is 0.500. The van der Waals surface area contributed by atoms with E-state index in [1.807, 2.05) is 13.8 Å². The van der Waals surface area contributed by atoms with E-state index in [4.69, 9.17) is 0 Å². The Bertz CT molecular complexity index is 491. The van der Waals surface area contributed by atoms with Gasteiger partial charge in [-0.05, 0) is 20.8 Å². The van der Waals surface area contributed by atoms with Gasteiger partial charge in [-0.2, -0.15) is 0 Å². The lowest BCUT2D eigenvalue weighted by Gasteiger charge is -2.29. The molecule has 0 aromatic carbocycles. The van der Waals surface area contributed by atoms with Crippen molar-refractivity contribution < 1.29 is 5.11 Å². The number of fused-ring (bicyclic) bond motifs is 1. The van der Waals surface area contributed by atoms with Gasteiger partial charge in [0, 0.05) is 0 Å². The third kappa shape index (κ3) is 1.83. The number of H-pyrrole nitrogens is 1. The molecule has 16 heavy (non-hydrogen) atoms. The number of aromatic nitrogens is 4. The second kappa shape index (κ2) is 3.71. The number of anilines is 1. The normalized spacial score (nSPS) is 14.0. The molecule has 1 unspecified atom stereocenters. The molecule has 0 aliphatic heterocycles. The molecule has 2 heterocycles. The first-order chi connectivity index (χ1) is 7.50. The average Bonchev–Trinajstić information content (AvgIpc) is 2.65. The first-order valence-corrected chi connectivity index (χ1v) is 5.11. The summed E-state index contributed by atoms with van der Waals surface area (Å²) in [6.07, 6.45) is 2.52. The minimum atomic E-state index is -0.500. The highest BCUT2D eigenvalue weighted by Crippen LogP contribution is 2.21. The van der Waals surface area contributed by atoms with E-state index in [0.29, 0.717) is 11.5 Å². The predicted molar refractivity (Wildman–Crippen MR) is 61.1 cm³/mol. The van der Waals surface area contributed by atoms with E-state index in [9.17, 15) is 5.11 Å². The molecule has 0 aliphatic rings. The molecular weight excluding hydrogens is 206 g/mol. The zero-order valence-corrected chi connectivity index (χ0v) is 9.52. The van der Waals surface area contributed by atoms with Gasteiger partial charge in [0.25, 0.3) is 0 Å². The molecule has 0 saturated heterocycles. The summed E-state index contributed by atoms with van der Waals surface area (Å²) in [4.78, 5) is 15.2. The Labute approximate surface area is 93.1 Å². The fourth-order valence-electron chi connectivity index (χ4n) is 1.27. The van der Waals surface area contributed by atoms with E-state index >= 15 is 0 Å². The Morgan fingerprint density at radius 3 is 2.81 bits per heavy atom. The van der Waals surface area contributed by atoms with Gasteiger partial charge in [0.2, 0.25) is 0 Å². The zero-order valence-electron chi connectivity index (χ0n) is 9.52. The third-order valence-electron chi connectivity index (χ3n) is 2.71. The zero-order chi connectivity index (χ0) is 11.8. The topological polar surface area (TPSA) is 86.7 Å². The Morgan fingerprint density at radius 2 is 2.12 bits per heavy atom. The lowest BCUT2D eigenvalue weighted by Crippen LogP contribution is -2.42. The number of aliphatic hydroxyl groups is 1. The fourth-order valence-corrected chi connectivity index (χ4v) is 1.27. The number of nitrogens with one attached hydrogen (secondary N) is 2. The van der Waals surface area contributed by atoms with Gasteiger partial charge in [-0.1, -0.05) is 0 Å². The van der Waals surface area contributed by atoms with Crippen molar-refractivity contribution in [3.63, 3.8) is 0 Å². The summed E-state index contributed by atoms with van der Waals surface area (Å²) in [6.45, 7) is 5.54. The second-order valence-electron chi connectivity index (χ2n) is 4.35. The van der Waals surface area contributed by atoms with E-state index in [-0.39, 0.29) is 0 Å². The number of hydrogen-bond acceptors (Lipinski definition) is 5. The van der Waals surface area contributed by atoms with Crippen LogP contribution in [0.1, 0.15) is 20.8 Å². The van der Waals surface area contributed by atoms with Gasteiger partial charge in [0.15, 0.2) is 11.5 Å².